The van der Waals surface area contributed by atoms with E-state index in [1.165, 1.54) is 0 Å². The molecule has 0 fully saturated rings. The van der Waals surface area contributed by atoms with Crippen LogP contribution in [0.3, 0.4) is 0 Å². The second kappa shape index (κ2) is 7.38. The van der Waals surface area contributed by atoms with Gasteiger partial charge in [0.2, 0.25) is 0 Å². The summed E-state index contributed by atoms with van der Waals surface area (Å²) in [7, 11) is -1.12. The maximum atomic E-state index is 12.4. The Balaban J connectivity index is 2.14. The quantitative estimate of drug-likeness (QED) is 0.891. The average Bonchev–Trinajstić information content (AvgIpc) is 2.48. The molecule has 112 valence electrons. The lowest BCUT2D eigenvalue weighted by molar-refractivity contribution is 0.335. The topological polar surface area (TPSA) is 52.3 Å². The Morgan fingerprint density at radius 1 is 1.19 bits per heavy atom. The van der Waals surface area contributed by atoms with E-state index in [0.717, 1.165) is 21.8 Å². The second-order valence-electron chi connectivity index (χ2n) is 4.91. The van der Waals surface area contributed by atoms with Crippen LogP contribution < -0.4 is 10.5 Å². The highest BCUT2D eigenvalue weighted by molar-refractivity contribution is 7.85. The van der Waals surface area contributed by atoms with Gasteiger partial charge in [0.15, 0.2) is 0 Å². The molecule has 0 bridgehead atoms. The van der Waals surface area contributed by atoms with Crippen LogP contribution in [0.4, 0.5) is 0 Å². The van der Waals surface area contributed by atoms with Crippen LogP contribution in [0.1, 0.15) is 24.1 Å². The Labute approximate surface area is 128 Å². The number of hydrogen-bond donors (Lipinski definition) is 1. The minimum Gasteiger partial charge on any atom is -0.494 e. The molecule has 0 radical (unpaired) electrons. The van der Waals surface area contributed by atoms with Gasteiger partial charge >= 0.3 is 0 Å². The molecular formula is C17H21NO2S. The molecule has 0 amide bonds. The van der Waals surface area contributed by atoms with E-state index in [4.69, 9.17) is 10.5 Å². The number of aryl methyl sites for hydroxylation is 1. The van der Waals surface area contributed by atoms with Crippen LogP contribution in [0.15, 0.2) is 53.4 Å². The Kier molecular flexibility index (Phi) is 5.53. The van der Waals surface area contributed by atoms with E-state index in [9.17, 15) is 4.21 Å². The summed E-state index contributed by atoms with van der Waals surface area (Å²) in [5.74, 6) is 1.15. The lowest BCUT2D eigenvalue weighted by atomic mass is 10.1. The van der Waals surface area contributed by atoms with Crippen molar-refractivity contribution in [1.82, 2.24) is 0 Å². The minimum atomic E-state index is -1.12. The normalized spacial score (nSPS) is 13.7. The highest BCUT2D eigenvalue weighted by Gasteiger charge is 2.16. The van der Waals surface area contributed by atoms with Gasteiger partial charge in [-0.1, -0.05) is 30.3 Å². The number of rotatable bonds is 6. The molecule has 4 heteroatoms. The zero-order valence-electron chi connectivity index (χ0n) is 12.4. The molecule has 0 aromatic heterocycles. The fourth-order valence-corrected chi connectivity index (χ4v) is 3.43. The van der Waals surface area contributed by atoms with Gasteiger partial charge in [-0.3, -0.25) is 4.21 Å². The van der Waals surface area contributed by atoms with Gasteiger partial charge in [0, 0.05) is 22.3 Å². The van der Waals surface area contributed by atoms with Crippen molar-refractivity contribution in [2.45, 2.75) is 24.8 Å². The summed E-state index contributed by atoms with van der Waals surface area (Å²) in [5, 5.41) is 0. The van der Waals surface area contributed by atoms with Gasteiger partial charge in [-0.15, -0.1) is 0 Å². The molecule has 2 atom stereocenters. The molecule has 3 nitrogen and oxygen atoms in total. The van der Waals surface area contributed by atoms with E-state index in [-0.39, 0.29) is 6.04 Å². The van der Waals surface area contributed by atoms with Crippen molar-refractivity contribution in [3.8, 4) is 5.75 Å². The van der Waals surface area contributed by atoms with Crippen molar-refractivity contribution in [1.29, 1.82) is 0 Å². The predicted molar refractivity (Wildman–Crippen MR) is 87.0 cm³/mol. The Morgan fingerprint density at radius 2 is 1.95 bits per heavy atom. The minimum absolute atomic E-state index is 0.311. The fraction of sp³-hybridized carbons (Fsp3) is 0.294. The van der Waals surface area contributed by atoms with Crippen LogP contribution in [0.5, 0.6) is 5.75 Å². The Morgan fingerprint density at radius 3 is 2.67 bits per heavy atom. The molecule has 2 rings (SSSR count). The van der Waals surface area contributed by atoms with Gasteiger partial charge in [-0.2, -0.15) is 0 Å². The SMILES string of the molecule is CCOc1ccccc1C(N)CS(=O)c1cccc(C)c1. The van der Waals surface area contributed by atoms with Crippen molar-refractivity contribution < 1.29 is 8.95 Å². The highest BCUT2D eigenvalue weighted by atomic mass is 32.2. The lowest BCUT2D eigenvalue weighted by Gasteiger charge is -2.16. The van der Waals surface area contributed by atoms with Gasteiger partial charge in [0.1, 0.15) is 5.75 Å². The molecule has 0 saturated carbocycles. The molecular weight excluding hydrogens is 282 g/mol. The fourth-order valence-electron chi connectivity index (χ4n) is 2.18. The number of para-hydroxylation sites is 1. The molecule has 2 unspecified atom stereocenters. The maximum absolute atomic E-state index is 12.4. The number of hydrogen-bond acceptors (Lipinski definition) is 3. The van der Waals surface area contributed by atoms with Crippen molar-refractivity contribution in [3.05, 3.63) is 59.7 Å². The largest absolute Gasteiger partial charge is 0.494 e. The van der Waals surface area contributed by atoms with Crippen LogP contribution in [0.2, 0.25) is 0 Å². The predicted octanol–water partition coefficient (Wildman–Crippen LogP) is 3.20. The Hall–Kier alpha value is -1.65. The zero-order valence-corrected chi connectivity index (χ0v) is 13.2. The van der Waals surface area contributed by atoms with Gasteiger partial charge in [0.25, 0.3) is 0 Å². The first-order chi connectivity index (χ1) is 10.1. The molecule has 0 aliphatic heterocycles. The third-order valence-corrected chi connectivity index (χ3v) is 4.64. The maximum Gasteiger partial charge on any atom is 0.124 e. The van der Waals surface area contributed by atoms with Gasteiger partial charge in [-0.05, 0) is 37.6 Å². The average molecular weight is 303 g/mol. The summed E-state index contributed by atoms with van der Waals surface area (Å²) < 4.78 is 18.0. The molecule has 0 spiro atoms. The van der Waals surface area contributed by atoms with E-state index in [1.54, 1.807) is 0 Å². The molecule has 0 aliphatic rings. The number of benzene rings is 2. The second-order valence-corrected chi connectivity index (χ2v) is 6.40. The van der Waals surface area contributed by atoms with E-state index in [0.29, 0.717) is 12.4 Å². The molecule has 2 aromatic rings. The van der Waals surface area contributed by atoms with Crippen LogP contribution in [0.25, 0.3) is 0 Å². The molecule has 0 aliphatic carbocycles. The van der Waals surface area contributed by atoms with E-state index in [2.05, 4.69) is 0 Å². The smallest absolute Gasteiger partial charge is 0.124 e. The van der Waals surface area contributed by atoms with Crippen LogP contribution >= 0.6 is 0 Å². The number of nitrogens with two attached hydrogens (primary N) is 1. The molecule has 0 heterocycles. The molecule has 2 N–H and O–H groups in total. The molecule has 0 saturated heterocycles. The summed E-state index contributed by atoms with van der Waals surface area (Å²) in [6.07, 6.45) is 0. The molecule has 2 aromatic carbocycles. The van der Waals surface area contributed by atoms with E-state index >= 15 is 0 Å². The van der Waals surface area contributed by atoms with Crippen molar-refractivity contribution in [2.75, 3.05) is 12.4 Å². The zero-order chi connectivity index (χ0) is 15.2. The third-order valence-electron chi connectivity index (χ3n) is 3.20. The van der Waals surface area contributed by atoms with Crippen LogP contribution in [0, 0.1) is 6.92 Å². The monoisotopic (exact) mass is 303 g/mol. The summed E-state index contributed by atoms with van der Waals surface area (Å²) in [5.41, 5.74) is 8.23. The Bertz CT molecular complexity index is 628. The summed E-state index contributed by atoms with van der Waals surface area (Å²) >= 11 is 0. The first-order valence-corrected chi connectivity index (χ1v) is 8.36. The van der Waals surface area contributed by atoms with Crippen LogP contribution in [-0.2, 0) is 10.8 Å². The molecule has 21 heavy (non-hydrogen) atoms. The number of ether oxygens (including phenoxy) is 1. The lowest BCUT2D eigenvalue weighted by Crippen LogP contribution is -2.19. The van der Waals surface area contributed by atoms with E-state index in [1.807, 2.05) is 62.4 Å². The van der Waals surface area contributed by atoms with E-state index < -0.39 is 10.8 Å². The van der Waals surface area contributed by atoms with Crippen LogP contribution in [-0.4, -0.2) is 16.6 Å². The summed E-state index contributed by atoms with van der Waals surface area (Å²) in [4.78, 5) is 0.819. The first-order valence-electron chi connectivity index (χ1n) is 7.04. The van der Waals surface area contributed by atoms with Crippen molar-refractivity contribution in [2.24, 2.45) is 5.73 Å². The highest BCUT2D eigenvalue weighted by Crippen LogP contribution is 2.25. The summed E-state index contributed by atoms with van der Waals surface area (Å²) in [6.45, 7) is 4.52. The third kappa shape index (κ3) is 4.16. The van der Waals surface area contributed by atoms with Gasteiger partial charge in [0.05, 0.1) is 17.4 Å². The van der Waals surface area contributed by atoms with Crippen molar-refractivity contribution >= 4 is 10.8 Å². The standard InChI is InChI=1S/C17H21NO2S/c1-3-20-17-10-5-4-9-15(17)16(18)12-21(19)14-8-6-7-13(2)11-14/h4-11,16H,3,12,18H2,1-2H3. The van der Waals surface area contributed by atoms with Crippen molar-refractivity contribution in [3.63, 3.8) is 0 Å². The first kappa shape index (κ1) is 15.7. The summed E-state index contributed by atoms with van der Waals surface area (Å²) in [6, 6.07) is 15.1. The van der Waals surface area contributed by atoms with Gasteiger partial charge in [-0.25, -0.2) is 0 Å². The van der Waals surface area contributed by atoms with Gasteiger partial charge < -0.3 is 10.5 Å².